The molecule has 2 aliphatic heterocycles. The van der Waals surface area contributed by atoms with Crippen LogP contribution in [-0.2, 0) is 0 Å². The Morgan fingerprint density at radius 2 is 2.32 bits per heavy atom. The number of nitrogens with one attached hydrogen (secondary N) is 1. The van der Waals surface area contributed by atoms with Gasteiger partial charge in [0.15, 0.2) is 0 Å². The van der Waals surface area contributed by atoms with E-state index in [1.807, 2.05) is 0 Å². The van der Waals surface area contributed by atoms with Crippen molar-refractivity contribution in [2.24, 2.45) is 0 Å². The van der Waals surface area contributed by atoms with Crippen LogP contribution in [0.25, 0.3) is 0 Å². The Kier molecular flexibility index (Phi) is 3.38. The zero-order valence-corrected chi connectivity index (χ0v) is 10.9. The van der Waals surface area contributed by atoms with Crippen molar-refractivity contribution in [2.45, 2.75) is 37.8 Å². The van der Waals surface area contributed by atoms with Crippen molar-refractivity contribution in [1.29, 1.82) is 0 Å². The molecule has 5 nitrogen and oxygen atoms in total. The third-order valence-corrected chi connectivity index (χ3v) is 4.18. The van der Waals surface area contributed by atoms with Gasteiger partial charge in [0, 0.05) is 24.8 Å². The number of rotatable bonds is 3. The second kappa shape index (κ2) is 5.17. The van der Waals surface area contributed by atoms with E-state index < -0.39 is 5.97 Å². The molecule has 3 rings (SSSR count). The monoisotopic (exact) mass is 261 g/mol. The third-order valence-electron chi connectivity index (χ3n) is 4.18. The summed E-state index contributed by atoms with van der Waals surface area (Å²) in [7, 11) is 0. The van der Waals surface area contributed by atoms with Gasteiger partial charge in [0.2, 0.25) is 0 Å². The van der Waals surface area contributed by atoms with E-state index in [1.165, 1.54) is 25.5 Å². The normalized spacial score (nSPS) is 26.9. The Labute approximate surface area is 112 Å². The van der Waals surface area contributed by atoms with Crippen LogP contribution >= 0.6 is 0 Å². The second-order valence-corrected chi connectivity index (χ2v) is 5.43. The predicted octanol–water partition coefficient (Wildman–Crippen LogP) is 1.82. The topological polar surface area (TPSA) is 65.5 Å². The van der Waals surface area contributed by atoms with Crippen LogP contribution < -0.4 is 5.32 Å². The third kappa shape index (κ3) is 2.71. The van der Waals surface area contributed by atoms with Crippen molar-refractivity contribution in [3.63, 3.8) is 0 Å². The molecular weight excluding hydrogens is 242 g/mol. The molecule has 0 saturated carbocycles. The molecule has 19 heavy (non-hydrogen) atoms. The van der Waals surface area contributed by atoms with Gasteiger partial charge < -0.3 is 15.3 Å². The lowest BCUT2D eigenvalue weighted by Crippen LogP contribution is -2.42. The Hall–Kier alpha value is -1.62. The molecule has 1 aromatic rings. The van der Waals surface area contributed by atoms with Gasteiger partial charge in [-0.2, -0.15) is 0 Å². The minimum Gasteiger partial charge on any atom is -0.478 e. The van der Waals surface area contributed by atoms with E-state index in [-0.39, 0.29) is 5.56 Å². The number of carboxylic acids is 1. The van der Waals surface area contributed by atoms with E-state index in [1.54, 1.807) is 12.3 Å². The standard InChI is InChI=1S/C14H19N3O2/c18-14(19)10-3-5-15-13(8-10)16-11-4-7-17-6-1-2-12(17)9-11/h3,5,8,11-12H,1-2,4,6-7,9H2,(H,15,16)(H,18,19). The van der Waals surface area contributed by atoms with E-state index in [0.29, 0.717) is 17.9 Å². The Morgan fingerprint density at radius 1 is 1.42 bits per heavy atom. The van der Waals surface area contributed by atoms with Crippen molar-refractivity contribution < 1.29 is 9.90 Å². The van der Waals surface area contributed by atoms with Gasteiger partial charge in [0.25, 0.3) is 0 Å². The zero-order chi connectivity index (χ0) is 13.2. The van der Waals surface area contributed by atoms with Crippen LogP contribution in [0.15, 0.2) is 18.3 Å². The molecule has 102 valence electrons. The summed E-state index contributed by atoms with van der Waals surface area (Å²) in [5.41, 5.74) is 0.288. The molecule has 0 radical (unpaired) electrons. The maximum absolute atomic E-state index is 10.9. The molecule has 2 atom stereocenters. The first-order valence-electron chi connectivity index (χ1n) is 6.92. The lowest BCUT2D eigenvalue weighted by molar-refractivity contribution is 0.0697. The summed E-state index contributed by atoms with van der Waals surface area (Å²) in [6, 6.07) is 4.25. The SMILES string of the molecule is O=C(O)c1ccnc(NC2CCN3CCCC3C2)c1. The molecule has 2 fully saturated rings. The van der Waals surface area contributed by atoms with Crippen molar-refractivity contribution >= 4 is 11.8 Å². The first-order chi connectivity index (χ1) is 9.22. The fraction of sp³-hybridized carbons (Fsp3) is 0.571. The molecule has 0 aromatic carbocycles. The first kappa shape index (κ1) is 12.4. The van der Waals surface area contributed by atoms with Gasteiger partial charge in [0.1, 0.15) is 5.82 Å². The number of aromatic carboxylic acids is 1. The van der Waals surface area contributed by atoms with Crippen molar-refractivity contribution in [2.75, 3.05) is 18.4 Å². The summed E-state index contributed by atoms with van der Waals surface area (Å²) in [5.74, 6) is -0.229. The molecule has 3 heterocycles. The molecule has 2 aliphatic rings. The number of hydrogen-bond donors (Lipinski definition) is 2. The van der Waals surface area contributed by atoms with Crippen LogP contribution in [0.1, 0.15) is 36.0 Å². The van der Waals surface area contributed by atoms with Crippen molar-refractivity contribution in [1.82, 2.24) is 9.88 Å². The smallest absolute Gasteiger partial charge is 0.335 e. The molecule has 2 saturated heterocycles. The largest absolute Gasteiger partial charge is 0.478 e. The fourth-order valence-corrected chi connectivity index (χ4v) is 3.21. The minimum absolute atomic E-state index is 0.288. The maximum atomic E-state index is 10.9. The van der Waals surface area contributed by atoms with E-state index >= 15 is 0 Å². The highest BCUT2D eigenvalue weighted by Crippen LogP contribution is 2.28. The Balaban J connectivity index is 1.65. The van der Waals surface area contributed by atoms with E-state index in [0.717, 1.165) is 19.4 Å². The molecule has 2 unspecified atom stereocenters. The predicted molar refractivity (Wildman–Crippen MR) is 72.4 cm³/mol. The van der Waals surface area contributed by atoms with E-state index in [2.05, 4.69) is 15.2 Å². The average molecular weight is 261 g/mol. The molecule has 0 amide bonds. The molecule has 2 N–H and O–H groups in total. The lowest BCUT2D eigenvalue weighted by Gasteiger charge is -2.35. The number of piperidine rings is 1. The quantitative estimate of drug-likeness (QED) is 0.869. The van der Waals surface area contributed by atoms with Crippen molar-refractivity contribution in [3.8, 4) is 0 Å². The number of nitrogens with zero attached hydrogens (tertiary/aromatic N) is 2. The van der Waals surface area contributed by atoms with Gasteiger partial charge in [-0.3, -0.25) is 0 Å². The highest BCUT2D eigenvalue weighted by molar-refractivity contribution is 5.88. The summed E-state index contributed by atoms with van der Waals surface area (Å²) >= 11 is 0. The number of fused-ring (bicyclic) bond motifs is 1. The molecule has 1 aromatic heterocycles. The van der Waals surface area contributed by atoms with Gasteiger partial charge >= 0.3 is 5.97 Å². The highest BCUT2D eigenvalue weighted by Gasteiger charge is 2.31. The van der Waals surface area contributed by atoms with Crippen LogP contribution in [0, 0.1) is 0 Å². The number of carbonyl (C=O) groups is 1. The van der Waals surface area contributed by atoms with Gasteiger partial charge in [-0.15, -0.1) is 0 Å². The summed E-state index contributed by atoms with van der Waals surface area (Å²) < 4.78 is 0. The maximum Gasteiger partial charge on any atom is 0.335 e. The fourth-order valence-electron chi connectivity index (χ4n) is 3.21. The summed E-state index contributed by atoms with van der Waals surface area (Å²) in [4.78, 5) is 17.7. The van der Waals surface area contributed by atoms with Gasteiger partial charge in [-0.1, -0.05) is 0 Å². The molecule has 0 aliphatic carbocycles. The Morgan fingerprint density at radius 3 is 3.16 bits per heavy atom. The van der Waals surface area contributed by atoms with Crippen molar-refractivity contribution in [3.05, 3.63) is 23.9 Å². The number of hydrogen-bond acceptors (Lipinski definition) is 4. The van der Waals surface area contributed by atoms with Gasteiger partial charge in [-0.05, 0) is 44.4 Å². The highest BCUT2D eigenvalue weighted by atomic mass is 16.4. The number of pyridine rings is 1. The lowest BCUT2D eigenvalue weighted by atomic mass is 9.97. The second-order valence-electron chi connectivity index (χ2n) is 5.43. The van der Waals surface area contributed by atoms with Crippen LogP contribution in [0.2, 0.25) is 0 Å². The molecule has 0 spiro atoms. The number of anilines is 1. The summed E-state index contributed by atoms with van der Waals surface area (Å²) in [5, 5.41) is 12.4. The zero-order valence-electron chi connectivity index (χ0n) is 10.9. The van der Waals surface area contributed by atoms with E-state index in [4.69, 9.17) is 5.11 Å². The average Bonchev–Trinajstić information content (AvgIpc) is 2.86. The van der Waals surface area contributed by atoms with Crippen LogP contribution in [-0.4, -0.2) is 46.1 Å². The Bertz CT molecular complexity index is 478. The first-order valence-corrected chi connectivity index (χ1v) is 6.92. The van der Waals surface area contributed by atoms with E-state index in [9.17, 15) is 4.79 Å². The summed E-state index contributed by atoms with van der Waals surface area (Å²) in [6.45, 7) is 2.38. The minimum atomic E-state index is -0.906. The van der Waals surface area contributed by atoms with Gasteiger partial charge in [0.05, 0.1) is 5.56 Å². The molecule has 5 heteroatoms. The van der Waals surface area contributed by atoms with Crippen LogP contribution in [0.5, 0.6) is 0 Å². The van der Waals surface area contributed by atoms with Gasteiger partial charge in [-0.25, -0.2) is 9.78 Å². The number of carboxylic acid groups (broad SMARTS) is 1. The van der Waals surface area contributed by atoms with Crippen LogP contribution in [0.4, 0.5) is 5.82 Å². The number of aromatic nitrogens is 1. The van der Waals surface area contributed by atoms with Crippen LogP contribution in [0.3, 0.4) is 0 Å². The molecular formula is C14H19N3O2. The molecule has 0 bridgehead atoms. The summed E-state index contributed by atoms with van der Waals surface area (Å²) in [6.07, 6.45) is 6.40.